The number of fused-ring (bicyclic) bond motifs is 1. The molecule has 0 fully saturated rings. The quantitative estimate of drug-likeness (QED) is 0.400. The van der Waals surface area contributed by atoms with E-state index < -0.39 is 0 Å². The van der Waals surface area contributed by atoms with Crippen molar-refractivity contribution in [3.63, 3.8) is 0 Å². The van der Waals surface area contributed by atoms with Gasteiger partial charge >= 0.3 is 0 Å². The van der Waals surface area contributed by atoms with E-state index in [4.69, 9.17) is 5.41 Å². The van der Waals surface area contributed by atoms with Gasteiger partial charge in [-0.1, -0.05) is 54.6 Å². The van der Waals surface area contributed by atoms with Crippen molar-refractivity contribution < 1.29 is 0 Å². The van der Waals surface area contributed by atoms with E-state index in [1.807, 2.05) is 24.0 Å². The predicted molar refractivity (Wildman–Crippen MR) is 119 cm³/mol. The Balaban J connectivity index is 1.50. The number of aryl methyl sites for hydroxylation is 1. The summed E-state index contributed by atoms with van der Waals surface area (Å²) in [6.07, 6.45) is 6.55. The average molecular weight is 368 g/mol. The summed E-state index contributed by atoms with van der Waals surface area (Å²) < 4.78 is 0. The van der Waals surface area contributed by atoms with Crippen molar-refractivity contribution in [3.8, 4) is 0 Å². The molecular formula is C24H24N4. The molecule has 4 nitrogen and oxygen atoms in total. The van der Waals surface area contributed by atoms with Crippen LogP contribution < -0.4 is 9.91 Å². The monoisotopic (exact) mass is 368 g/mol. The van der Waals surface area contributed by atoms with Crippen LogP contribution in [0.3, 0.4) is 0 Å². The lowest BCUT2D eigenvalue weighted by molar-refractivity contribution is 0.427. The van der Waals surface area contributed by atoms with Crippen molar-refractivity contribution in [2.75, 3.05) is 30.5 Å². The van der Waals surface area contributed by atoms with E-state index in [-0.39, 0.29) is 0 Å². The molecule has 1 aliphatic carbocycles. The molecule has 4 heteroatoms. The molecule has 2 aliphatic rings. The summed E-state index contributed by atoms with van der Waals surface area (Å²) >= 11 is 0. The van der Waals surface area contributed by atoms with Gasteiger partial charge in [0, 0.05) is 26.0 Å². The van der Waals surface area contributed by atoms with Crippen LogP contribution in [0.25, 0.3) is 22.9 Å². The highest BCUT2D eigenvalue weighted by Gasteiger charge is 2.24. The number of benzene rings is 3. The van der Waals surface area contributed by atoms with E-state index in [0.717, 1.165) is 25.1 Å². The maximum atomic E-state index is 8.91. The van der Waals surface area contributed by atoms with Crippen molar-refractivity contribution in [1.82, 2.24) is 5.01 Å². The molecule has 1 N–H and O–H groups in total. The first-order valence-corrected chi connectivity index (χ1v) is 9.80. The predicted octanol–water partition coefficient (Wildman–Crippen LogP) is 4.99. The summed E-state index contributed by atoms with van der Waals surface area (Å²) in [6.45, 7) is 0.928. The number of anilines is 2. The molecule has 0 atom stereocenters. The Morgan fingerprint density at radius 2 is 1.71 bits per heavy atom. The Labute approximate surface area is 165 Å². The minimum Gasteiger partial charge on any atom is -0.314 e. The number of para-hydroxylation sites is 1. The third-order valence-electron chi connectivity index (χ3n) is 5.96. The molecule has 3 aromatic carbocycles. The number of nitrogens with zero attached hydrogens (tertiary/aromatic N) is 3. The van der Waals surface area contributed by atoms with Crippen LogP contribution in [0.5, 0.6) is 0 Å². The van der Waals surface area contributed by atoms with E-state index in [0.29, 0.717) is 5.96 Å². The van der Waals surface area contributed by atoms with E-state index in [1.165, 1.54) is 33.2 Å². The second kappa shape index (κ2) is 6.41. The Bertz CT molecular complexity index is 1100. The van der Waals surface area contributed by atoms with E-state index in [1.54, 1.807) is 0 Å². The normalized spacial score (nSPS) is 14.3. The van der Waals surface area contributed by atoms with Crippen LogP contribution in [-0.4, -0.2) is 31.6 Å². The smallest absolute Gasteiger partial charge is 0.217 e. The Morgan fingerprint density at radius 1 is 0.929 bits per heavy atom. The van der Waals surface area contributed by atoms with Crippen LogP contribution in [-0.2, 0) is 6.42 Å². The van der Waals surface area contributed by atoms with E-state index in [2.05, 4.69) is 71.8 Å². The van der Waals surface area contributed by atoms with Gasteiger partial charge in [0.1, 0.15) is 0 Å². The summed E-state index contributed by atoms with van der Waals surface area (Å²) in [6, 6.07) is 19.2. The number of rotatable bonds is 2. The van der Waals surface area contributed by atoms with E-state index >= 15 is 0 Å². The van der Waals surface area contributed by atoms with Crippen LogP contribution in [0.4, 0.5) is 11.4 Å². The Morgan fingerprint density at radius 3 is 2.57 bits per heavy atom. The van der Waals surface area contributed by atoms with Crippen LogP contribution >= 0.6 is 0 Å². The molecule has 0 saturated carbocycles. The van der Waals surface area contributed by atoms with Crippen molar-refractivity contribution in [3.05, 3.63) is 71.3 Å². The van der Waals surface area contributed by atoms with E-state index in [9.17, 15) is 0 Å². The molecule has 140 valence electrons. The molecule has 5 rings (SSSR count). The third-order valence-corrected chi connectivity index (χ3v) is 5.96. The van der Waals surface area contributed by atoms with Gasteiger partial charge in [0.25, 0.3) is 0 Å². The first kappa shape index (κ1) is 16.9. The molecule has 0 radical (unpaired) electrons. The zero-order chi connectivity index (χ0) is 19.3. The summed E-state index contributed by atoms with van der Waals surface area (Å²) in [4.78, 5) is 1.98. The molecule has 1 aliphatic heterocycles. The third kappa shape index (κ3) is 2.48. The zero-order valence-corrected chi connectivity index (χ0v) is 16.3. The van der Waals surface area contributed by atoms with Crippen LogP contribution in [0.1, 0.15) is 23.1 Å². The molecular weight excluding hydrogens is 344 g/mol. The standard InChI is InChI=1S/C24H24N4/c1-26(22-15-14-19-13-12-18-8-5-10-20(22)23(18)19)24(25)27(2)28-16-6-9-17-7-3-4-11-21(17)28/h3-5,7-8,10-15,25H,6,9,16H2,1-2H3. The van der Waals surface area contributed by atoms with Gasteiger partial charge < -0.3 is 4.90 Å². The van der Waals surface area contributed by atoms with Gasteiger partial charge in [0.05, 0.1) is 11.4 Å². The summed E-state index contributed by atoms with van der Waals surface area (Å²) in [5.74, 6) is 0.461. The fraction of sp³-hybridized carbons (Fsp3) is 0.208. The number of nitrogens with one attached hydrogen (secondary N) is 1. The highest BCUT2D eigenvalue weighted by Crippen LogP contribution is 2.37. The molecule has 0 amide bonds. The number of hydrogen-bond acceptors (Lipinski definition) is 2. The Kier molecular flexibility index (Phi) is 3.86. The van der Waals surface area contributed by atoms with Gasteiger partial charge in [-0.2, -0.15) is 0 Å². The topological polar surface area (TPSA) is 33.6 Å². The minimum atomic E-state index is 0.461. The molecule has 0 aromatic heterocycles. The molecule has 0 spiro atoms. The van der Waals surface area contributed by atoms with Crippen molar-refractivity contribution in [2.45, 2.75) is 12.8 Å². The van der Waals surface area contributed by atoms with Crippen LogP contribution in [0.15, 0.2) is 54.6 Å². The maximum Gasteiger partial charge on any atom is 0.217 e. The second-order valence-corrected chi connectivity index (χ2v) is 7.54. The van der Waals surface area contributed by atoms with Gasteiger partial charge in [0.2, 0.25) is 5.96 Å². The molecule has 1 heterocycles. The van der Waals surface area contributed by atoms with Gasteiger partial charge in [-0.3, -0.25) is 15.4 Å². The van der Waals surface area contributed by atoms with Gasteiger partial charge in [0.15, 0.2) is 0 Å². The fourth-order valence-corrected chi connectivity index (χ4v) is 4.47. The number of guanidine groups is 1. The lowest BCUT2D eigenvalue weighted by atomic mass is 10.0. The largest absolute Gasteiger partial charge is 0.314 e. The summed E-state index contributed by atoms with van der Waals surface area (Å²) in [5.41, 5.74) is 6.14. The molecule has 0 unspecified atom stereocenters. The van der Waals surface area contributed by atoms with Crippen molar-refractivity contribution >= 4 is 40.3 Å². The summed E-state index contributed by atoms with van der Waals surface area (Å²) in [5, 5.41) is 15.6. The van der Waals surface area contributed by atoms with Crippen LogP contribution in [0.2, 0.25) is 0 Å². The van der Waals surface area contributed by atoms with Crippen LogP contribution in [0, 0.1) is 5.41 Å². The average Bonchev–Trinajstić information content (AvgIpc) is 3.17. The van der Waals surface area contributed by atoms with Gasteiger partial charge in [-0.05, 0) is 47.1 Å². The van der Waals surface area contributed by atoms with Gasteiger partial charge in [-0.15, -0.1) is 0 Å². The number of hydrogen-bond donors (Lipinski definition) is 1. The molecule has 28 heavy (non-hydrogen) atoms. The van der Waals surface area contributed by atoms with Crippen molar-refractivity contribution in [1.29, 1.82) is 5.41 Å². The van der Waals surface area contributed by atoms with Crippen molar-refractivity contribution in [2.24, 2.45) is 0 Å². The minimum absolute atomic E-state index is 0.461. The lowest BCUT2D eigenvalue weighted by Crippen LogP contribution is -2.51. The fourth-order valence-electron chi connectivity index (χ4n) is 4.47. The first-order valence-electron chi connectivity index (χ1n) is 9.80. The van der Waals surface area contributed by atoms with Gasteiger partial charge in [-0.25, -0.2) is 0 Å². The molecule has 3 aromatic rings. The SMILES string of the molecule is CN(C(=N)N(C)N1CCCc2ccccc21)c1ccc2c3c(cccc13)C=C2. The highest BCUT2D eigenvalue weighted by atomic mass is 15.7. The Hall–Kier alpha value is -3.27. The second-order valence-electron chi connectivity index (χ2n) is 7.54. The highest BCUT2D eigenvalue weighted by molar-refractivity contribution is 6.12. The summed E-state index contributed by atoms with van der Waals surface area (Å²) in [7, 11) is 3.98. The molecule has 0 saturated heterocycles. The lowest BCUT2D eigenvalue weighted by Gasteiger charge is -2.41. The number of hydrazine groups is 1. The zero-order valence-electron chi connectivity index (χ0n) is 16.3. The maximum absolute atomic E-state index is 8.91. The first-order chi connectivity index (χ1) is 13.6. The molecule has 0 bridgehead atoms.